The van der Waals surface area contributed by atoms with Gasteiger partial charge in [0.25, 0.3) is 5.56 Å². The van der Waals surface area contributed by atoms with Crippen LogP contribution in [0, 0.1) is 0 Å². The molecule has 0 aliphatic carbocycles. The van der Waals surface area contributed by atoms with Gasteiger partial charge in [0.1, 0.15) is 17.2 Å². The molecule has 0 spiro atoms. The van der Waals surface area contributed by atoms with Gasteiger partial charge in [-0.3, -0.25) is 19.4 Å². The molecule has 2 aliphatic heterocycles. The van der Waals surface area contributed by atoms with Crippen LogP contribution in [0.1, 0.15) is 24.5 Å². The van der Waals surface area contributed by atoms with Crippen molar-refractivity contribution < 1.29 is 4.74 Å². The molecule has 4 N–H and O–H groups in total. The molecule has 11 heteroatoms. The maximum absolute atomic E-state index is 13.9. The lowest BCUT2D eigenvalue weighted by molar-refractivity contribution is 0.148. The first-order valence-corrected chi connectivity index (χ1v) is 14.5. The lowest BCUT2D eigenvalue weighted by Crippen LogP contribution is -2.43. The van der Waals surface area contributed by atoms with Gasteiger partial charge in [0.05, 0.1) is 22.6 Å². The number of rotatable bonds is 6. The van der Waals surface area contributed by atoms with Crippen LogP contribution in [0.2, 0.25) is 0 Å². The first-order valence-electron chi connectivity index (χ1n) is 14.5. The van der Waals surface area contributed by atoms with Crippen LogP contribution in [0.4, 0.5) is 11.8 Å². The van der Waals surface area contributed by atoms with Crippen LogP contribution in [0.5, 0.6) is 5.75 Å². The standard InChI is InChI=1S/C31H35N9O2/c1-19(24-12-9-21-5-3-4-6-25(21)42-24)34-31-33-17-23-27-26(28(32)37-36-27)30(41)40(29(23)35-31)22-10-7-20(8-11-22)18-39-15-13-38(2)14-16-39/h3-8,10-11,17,19,24H,9,12-16,18H2,1-2H3,(H3,32,36,37)(H,33,34,35)/t19?,24-/m1/s1. The van der Waals surface area contributed by atoms with Gasteiger partial charge >= 0.3 is 0 Å². The Labute approximate surface area is 243 Å². The molecule has 1 unspecified atom stereocenters. The van der Waals surface area contributed by atoms with E-state index in [4.69, 9.17) is 15.5 Å². The van der Waals surface area contributed by atoms with Gasteiger partial charge in [-0.15, -0.1) is 0 Å². The second-order valence-corrected chi connectivity index (χ2v) is 11.4. The average molecular weight is 566 g/mol. The Morgan fingerprint density at radius 2 is 1.90 bits per heavy atom. The van der Waals surface area contributed by atoms with Crippen molar-refractivity contribution in [3.63, 3.8) is 0 Å². The fraction of sp³-hybridized carbons (Fsp3) is 0.355. The topological polar surface area (TPSA) is 130 Å². The van der Waals surface area contributed by atoms with Gasteiger partial charge in [-0.25, -0.2) is 4.98 Å². The molecule has 1 fully saturated rings. The third-order valence-electron chi connectivity index (χ3n) is 8.52. The van der Waals surface area contributed by atoms with Crippen molar-refractivity contribution in [3.8, 4) is 11.4 Å². The number of piperazine rings is 1. The van der Waals surface area contributed by atoms with E-state index in [0.29, 0.717) is 33.6 Å². The molecule has 5 aromatic rings. The van der Waals surface area contributed by atoms with Crippen molar-refractivity contribution in [1.82, 2.24) is 34.5 Å². The van der Waals surface area contributed by atoms with E-state index < -0.39 is 0 Å². The minimum absolute atomic E-state index is 0.0378. The van der Waals surface area contributed by atoms with Gasteiger partial charge in [0, 0.05) is 38.9 Å². The minimum atomic E-state index is -0.277. The van der Waals surface area contributed by atoms with E-state index >= 15 is 0 Å². The van der Waals surface area contributed by atoms with E-state index in [1.54, 1.807) is 10.8 Å². The number of nitrogens with zero attached hydrogens (tertiary/aromatic N) is 6. The summed E-state index contributed by atoms with van der Waals surface area (Å²) in [5, 5.41) is 11.4. The quantitative estimate of drug-likeness (QED) is 0.284. The molecule has 3 aromatic heterocycles. The highest BCUT2D eigenvalue weighted by Gasteiger charge is 2.26. The number of H-pyrrole nitrogens is 1. The van der Waals surface area contributed by atoms with Crippen LogP contribution in [-0.2, 0) is 13.0 Å². The highest BCUT2D eigenvalue weighted by molar-refractivity contribution is 6.05. The number of para-hydroxylation sites is 1. The SMILES string of the molecule is CC(Nc1ncc2c3[nH]nc(N)c3c(=O)n(-c3ccc(CN4CCN(C)CC4)cc3)c2n1)[C@H]1CCc2ccccc2O1. The number of ether oxygens (including phenoxy) is 1. The largest absolute Gasteiger partial charge is 0.488 e. The summed E-state index contributed by atoms with van der Waals surface area (Å²) in [4.78, 5) is 28.1. The predicted molar refractivity (Wildman–Crippen MR) is 164 cm³/mol. The molecule has 216 valence electrons. The van der Waals surface area contributed by atoms with Crippen molar-refractivity contribution in [2.75, 3.05) is 44.3 Å². The smallest absolute Gasteiger partial charge is 0.270 e. The Morgan fingerprint density at radius 3 is 2.71 bits per heavy atom. The van der Waals surface area contributed by atoms with Gasteiger partial charge in [-0.05, 0) is 56.1 Å². The first kappa shape index (κ1) is 26.4. The zero-order valence-corrected chi connectivity index (χ0v) is 23.9. The molecule has 42 heavy (non-hydrogen) atoms. The minimum Gasteiger partial charge on any atom is -0.488 e. The van der Waals surface area contributed by atoms with Crippen LogP contribution >= 0.6 is 0 Å². The summed E-state index contributed by atoms with van der Waals surface area (Å²) in [6.07, 6.45) is 3.52. The third-order valence-corrected chi connectivity index (χ3v) is 8.52. The van der Waals surface area contributed by atoms with Gasteiger partial charge in [-0.2, -0.15) is 10.1 Å². The zero-order chi connectivity index (χ0) is 28.8. The number of aromatic amines is 1. The lowest BCUT2D eigenvalue weighted by Gasteiger charge is -2.32. The molecule has 0 amide bonds. The Hall–Kier alpha value is -4.48. The molecular formula is C31H35N9O2. The van der Waals surface area contributed by atoms with E-state index in [2.05, 4.69) is 62.5 Å². The Balaban J connectivity index is 1.22. The molecule has 0 bridgehead atoms. The number of benzene rings is 2. The van der Waals surface area contributed by atoms with E-state index in [0.717, 1.165) is 51.3 Å². The number of likely N-dealkylation sites (N-methyl/N-ethyl adjacent to an activating group) is 1. The number of nitrogen functional groups attached to an aromatic ring is 1. The van der Waals surface area contributed by atoms with E-state index in [1.807, 2.05) is 30.3 Å². The van der Waals surface area contributed by atoms with E-state index in [9.17, 15) is 4.79 Å². The molecule has 0 saturated carbocycles. The molecule has 1 saturated heterocycles. The first-order chi connectivity index (χ1) is 20.4. The maximum atomic E-state index is 13.9. The zero-order valence-electron chi connectivity index (χ0n) is 23.9. The van der Waals surface area contributed by atoms with Gasteiger partial charge in [0.2, 0.25) is 5.95 Å². The van der Waals surface area contributed by atoms with Crippen LogP contribution in [0.25, 0.3) is 27.6 Å². The number of anilines is 2. The summed E-state index contributed by atoms with van der Waals surface area (Å²) in [7, 11) is 2.16. The highest BCUT2D eigenvalue weighted by atomic mass is 16.5. The number of hydrogen-bond acceptors (Lipinski definition) is 9. The molecular weight excluding hydrogens is 530 g/mol. The van der Waals surface area contributed by atoms with Gasteiger partial charge in [-0.1, -0.05) is 30.3 Å². The van der Waals surface area contributed by atoms with Crippen LogP contribution < -0.4 is 21.3 Å². The summed E-state index contributed by atoms with van der Waals surface area (Å²) in [5.74, 6) is 1.50. The second kappa shape index (κ2) is 10.7. The average Bonchev–Trinajstić information content (AvgIpc) is 3.40. The van der Waals surface area contributed by atoms with Crippen LogP contribution in [-0.4, -0.2) is 79.9 Å². The Kier molecular flexibility index (Phi) is 6.75. The molecule has 11 nitrogen and oxygen atoms in total. The monoisotopic (exact) mass is 565 g/mol. The summed E-state index contributed by atoms with van der Waals surface area (Å²) < 4.78 is 7.90. The number of nitrogens with one attached hydrogen (secondary N) is 2. The van der Waals surface area contributed by atoms with E-state index in [-0.39, 0.29) is 23.5 Å². The fourth-order valence-electron chi connectivity index (χ4n) is 6.01. The number of aryl methyl sites for hydroxylation is 1. The number of pyridine rings is 1. The van der Waals surface area contributed by atoms with Crippen LogP contribution in [0.3, 0.4) is 0 Å². The number of hydrogen-bond donors (Lipinski definition) is 3. The molecule has 7 rings (SSSR count). The normalized spacial score (nSPS) is 18.6. The summed E-state index contributed by atoms with van der Waals surface area (Å²) in [6.45, 7) is 7.17. The fourth-order valence-corrected chi connectivity index (χ4v) is 6.01. The summed E-state index contributed by atoms with van der Waals surface area (Å²) in [6, 6.07) is 16.2. The van der Waals surface area contributed by atoms with Crippen molar-refractivity contribution in [3.05, 3.63) is 76.2 Å². The van der Waals surface area contributed by atoms with Crippen molar-refractivity contribution in [2.45, 2.75) is 38.5 Å². The molecule has 0 radical (unpaired) electrons. The second-order valence-electron chi connectivity index (χ2n) is 11.4. The molecule has 2 aliphatic rings. The third kappa shape index (κ3) is 4.84. The van der Waals surface area contributed by atoms with Crippen LogP contribution in [0.15, 0.2) is 59.5 Å². The number of fused-ring (bicyclic) bond motifs is 4. The molecule has 2 aromatic carbocycles. The van der Waals surface area contributed by atoms with Gasteiger partial charge in [0.15, 0.2) is 11.5 Å². The summed E-state index contributed by atoms with van der Waals surface area (Å²) in [5.41, 5.74) is 9.99. The van der Waals surface area contributed by atoms with E-state index in [1.165, 1.54) is 11.1 Å². The van der Waals surface area contributed by atoms with Crippen molar-refractivity contribution in [1.29, 1.82) is 0 Å². The van der Waals surface area contributed by atoms with Crippen molar-refractivity contribution in [2.24, 2.45) is 0 Å². The number of nitrogens with two attached hydrogens (primary N) is 1. The Bertz CT molecular complexity index is 1810. The maximum Gasteiger partial charge on any atom is 0.270 e. The predicted octanol–water partition coefficient (Wildman–Crippen LogP) is 3.18. The molecule has 2 atom stereocenters. The highest BCUT2D eigenvalue weighted by Crippen LogP contribution is 2.30. The summed E-state index contributed by atoms with van der Waals surface area (Å²) >= 11 is 0. The number of aromatic nitrogens is 5. The molecule has 5 heterocycles. The van der Waals surface area contributed by atoms with Gasteiger partial charge < -0.3 is 20.7 Å². The lowest BCUT2D eigenvalue weighted by atomic mass is 9.98. The Morgan fingerprint density at radius 1 is 1.12 bits per heavy atom. The van der Waals surface area contributed by atoms with Crippen molar-refractivity contribution >= 4 is 33.7 Å².